The fraction of sp³-hybridized carbons (Fsp3) is 0.471. The van der Waals surface area contributed by atoms with Gasteiger partial charge in [0.2, 0.25) is 11.8 Å². The van der Waals surface area contributed by atoms with Gasteiger partial charge >= 0.3 is 0 Å². The van der Waals surface area contributed by atoms with Crippen LogP contribution in [0.5, 0.6) is 0 Å². The molecule has 6 nitrogen and oxygen atoms in total. The lowest BCUT2D eigenvalue weighted by Gasteiger charge is -2.17. The second kappa shape index (κ2) is 6.22. The molecule has 1 aliphatic rings. The molecule has 0 radical (unpaired) electrons. The van der Waals surface area contributed by atoms with Crippen LogP contribution >= 0.6 is 0 Å². The van der Waals surface area contributed by atoms with E-state index in [1.165, 1.54) is 6.07 Å². The molecule has 7 heteroatoms. The molecule has 1 aromatic heterocycles. The summed E-state index contributed by atoms with van der Waals surface area (Å²) in [7, 11) is 0. The maximum absolute atomic E-state index is 14.0. The van der Waals surface area contributed by atoms with Crippen molar-refractivity contribution in [3.8, 4) is 0 Å². The van der Waals surface area contributed by atoms with E-state index in [0.717, 1.165) is 6.42 Å². The number of rotatable bonds is 4. The molecule has 1 N–H and O–H groups in total. The number of nitrogens with one attached hydrogen (secondary N) is 1. The van der Waals surface area contributed by atoms with Crippen LogP contribution in [-0.4, -0.2) is 22.6 Å². The molecule has 1 saturated heterocycles. The number of halogens is 1. The first-order valence-corrected chi connectivity index (χ1v) is 8.01. The first-order valence-electron chi connectivity index (χ1n) is 8.01. The highest BCUT2D eigenvalue weighted by Gasteiger charge is 2.23. The summed E-state index contributed by atoms with van der Waals surface area (Å²) >= 11 is 0. The van der Waals surface area contributed by atoms with Crippen LogP contribution in [0.25, 0.3) is 0 Å². The second-order valence-corrected chi connectivity index (χ2v) is 6.93. The number of benzene rings is 1. The molecule has 3 rings (SSSR count). The summed E-state index contributed by atoms with van der Waals surface area (Å²) in [6.07, 6.45) is 1.37. The van der Waals surface area contributed by atoms with E-state index in [1.807, 2.05) is 20.8 Å². The number of hydrogen-bond donors (Lipinski definition) is 1. The predicted octanol–water partition coefficient (Wildman–Crippen LogP) is 3.25. The van der Waals surface area contributed by atoms with E-state index < -0.39 is 0 Å². The van der Waals surface area contributed by atoms with E-state index in [1.54, 1.807) is 17.0 Å². The van der Waals surface area contributed by atoms with Crippen molar-refractivity contribution in [2.24, 2.45) is 0 Å². The van der Waals surface area contributed by atoms with Crippen LogP contribution in [0.2, 0.25) is 0 Å². The smallest absolute Gasteiger partial charge is 0.245 e. The number of hydrogen-bond acceptors (Lipinski definition) is 5. The number of aromatic nitrogens is 2. The molecule has 2 heterocycles. The number of anilines is 2. The molecular weight excluding hydrogens is 311 g/mol. The molecule has 24 heavy (non-hydrogen) atoms. The summed E-state index contributed by atoms with van der Waals surface area (Å²) in [4.78, 5) is 17.8. The summed E-state index contributed by atoms with van der Waals surface area (Å²) in [6.45, 7) is 6.86. The molecule has 0 bridgehead atoms. The molecule has 0 unspecified atom stereocenters. The first-order chi connectivity index (χ1) is 11.3. The minimum atomic E-state index is -0.388. The van der Waals surface area contributed by atoms with Gasteiger partial charge in [0.25, 0.3) is 0 Å². The molecule has 0 saturated carbocycles. The summed E-state index contributed by atoms with van der Waals surface area (Å²) < 4.78 is 19.2. The van der Waals surface area contributed by atoms with Crippen molar-refractivity contribution >= 4 is 17.3 Å². The van der Waals surface area contributed by atoms with E-state index in [-0.39, 0.29) is 23.7 Å². The largest absolute Gasteiger partial charge is 0.374 e. The maximum atomic E-state index is 14.0. The van der Waals surface area contributed by atoms with Crippen molar-refractivity contribution in [1.82, 2.24) is 10.1 Å². The Kier molecular flexibility index (Phi) is 4.26. The molecule has 0 aliphatic carbocycles. The fourth-order valence-corrected chi connectivity index (χ4v) is 2.54. The van der Waals surface area contributed by atoms with Gasteiger partial charge in [-0.15, -0.1) is 0 Å². The predicted molar refractivity (Wildman–Crippen MR) is 88.3 cm³/mol. The summed E-state index contributed by atoms with van der Waals surface area (Å²) in [5.74, 6) is 0.679. The Balaban J connectivity index is 1.73. The summed E-state index contributed by atoms with van der Waals surface area (Å²) in [6, 6.07) is 4.62. The van der Waals surface area contributed by atoms with E-state index >= 15 is 0 Å². The Hall–Kier alpha value is -2.44. The molecular formula is C17H21FN4O2. The van der Waals surface area contributed by atoms with Crippen LogP contribution in [0, 0.1) is 5.82 Å². The standard InChI is InChI=1S/C17H21FN4O2/c1-17(2,3)16-20-14(24-21-16)10-19-13-9-11(6-7-12(13)18)22-8-4-5-15(22)23/h6-7,9,19H,4-5,8,10H2,1-3H3. The molecule has 1 amide bonds. The summed E-state index contributed by atoms with van der Waals surface area (Å²) in [5, 5.41) is 6.90. The first kappa shape index (κ1) is 16.4. The number of amides is 1. The Morgan fingerprint density at radius 2 is 2.17 bits per heavy atom. The molecule has 0 atom stereocenters. The van der Waals surface area contributed by atoms with Gasteiger partial charge in [0.1, 0.15) is 5.82 Å². The highest BCUT2D eigenvalue weighted by Crippen LogP contribution is 2.27. The SMILES string of the molecule is CC(C)(C)c1noc(CNc2cc(N3CCCC3=O)ccc2F)n1. The van der Waals surface area contributed by atoms with Crippen molar-refractivity contribution in [3.05, 3.63) is 35.7 Å². The molecule has 1 aromatic carbocycles. The third-order valence-electron chi connectivity index (χ3n) is 3.90. The Bertz CT molecular complexity index is 751. The van der Waals surface area contributed by atoms with Gasteiger partial charge in [0.15, 0.2) is 5.82 Å². The van der Waals surface area contributed by atoms with Gasteiger partial charge in [-0.2, -0.15) is 4.98 Å². The Morgan fingerprint density at radius 3 is 2.79 bits per heavy atom. The lowest BCUT2D eigenvalue weighted by molar-refractivity contribution is -0.117. The van der Waals surface area contributed by atoms with Gasteiger partial charge in [0, 0.05) is 24.1 Å². The van der Waals surface area contributed by atoms with Gasteiger partial charge in [-0.3, -0.25) is 4.79 Å². The minimum absolute atomic E-state index is 0.0688. The quantitative estimate of drug-likeness (QED) is 0.930. The average Bonchev–Trinajstić information content (AvgIpc) is 3.15. The van der Waals surface area contributed by atoms with Gasteiger partial charge in [-0.1, -0.05) is 25.9 Å². The molecule has 1 aliphatic heterocycles. The zero-order valence-corrected chi connectivity index (χ0v) is 14.1. The van der Waals surface area contributed by atoms with Gasteiger partial charge in [0.05, 0.1) is 12.2 Å². The van der Waals surface area contributed by atoms with Gasteiger partial charge in [-0.25, -0.2) is 4.39 Å². The molecule has 0 spiro atoms. The molecule has 1 fully saturated rings. The van der Waals surface area contributed by atoms with Gasteiger partial charge in [-0.05, 0) is 24.6 Å². The third kappa shape index (κ3) is 3.39. The highest BCUT2D eigenvalue weighted by molar-refractivity contribution is 5.95. The minimum Gasteiger partial charge on any atom is -0.374 e. The van der Waals surface area contributed by atoms with Crippen molar-refractivity contribution in [3.63, 3.8) is 0 Å². The average molecular weight is 332 g/mol. The van der Waals surface area contributed by atoms with Crippen LogP contribution in [0.15, 0.2) is 22.7 Å². The van der Waals surface area contributed by atoms with E-state index in [0.29, 0.717) is 36.1 Å². The number of nitrogens with zero attached hydrogens (tertiary/aromatic N) is 3. The van der Waals surface area contributed by atoms with Crippen molar-refractivity contribution in [2.75, 3.05) is 16.8 Å². The maximum Gasteiger partial charge on any atom is 0.245 e. The normalized spacial score (nSPS) is 15.2. The zero-order chi connectivity index (χ0) is 17.3. The van der Waals surface area contributed by atoms with Crippen molar-refractivity contribution in [1.29, 1.82) is 0 Å². The van der Waals surface area contributed by atoms with Crippen LogP contribution in [0.1, 0.15) is 45.3 Å². The fourth-order valence-electron chi connectivity index (χ4n) is 2.54. The number of carbonyl (C=O) groups is 1. The van der Waals surface area contributed by atoms with E-state index in [9.17, 15) is 9.18 Å². The van der Waals surface area contributed by atoms with Gasteiger partial charge < -0.3 is 14.7 Å². The van der Waals surface area contributed by atoms with Crippen LogP contribution in [-0.2, 0) is 16.8 Å². The third-order valence-corrected chi connectivity index (χ3v) is 3.90. The Morgan fingerprint density at radius 1 is 1.38 bits per heavy atom. The highest BCUT2D eigenvalue weighted by atomic mass is 19.1. The van der Waals surface area contributed by atoms with E-state index in [4.69, 9.17) is 4.52 Å². The lowest BCUT2D eigenvalue weighted by Crippen LogP contribution is -2.23. The van der Waals surface area contributed by atoms with Crippen molar-refractivity contribution in [2.45, 2.75) is 45.6 Å². The van der Waals surface area contributed by atoms with Crippen LogP contribution in [0.3, 0.4) is 0 Å². The van der Waals surface area contributed by atoms with Crippen LogP contribution < -0.4 is 10.2 Å². The number of carbonyl (C=O) groups excluding carboxylic acids is 1. The zero-order valence-electron chi connectivity index (χ0n) is 14.1. The topological polar surface area (TPSA) is 71.3 Å². The van der Waals surface area contributed by atoms with Crippen LogP contribution in [0.4, 0.5) is 15.8 Å². The molecule has 128 valence electrons. The Labute approximate surface area is 140 Å². The monoisotopic (exact) mass is 332 g/mol. The molecule has 2 aromatic rings. The van der Waals surface area contributed by atoms with Crippen molar-refractivity contribution < 1.29 is 13.7 Å². The summed E-state index contributed by atoms with van der Waals surface area (Å²) in [5.41, 5.74) is 0.799. The van der Waals surface area contributed by atoms with E-state index in [2.05, 4.69) is 15.5 Å². The lowest BCUT2D eigenvalue weighted by atomic mass is 9.96. The second-order valence-electron chi connectivity index (χ2n) is 6.93.